The molecule has 0 radical (unpaired) electrons. The van der Waals surface area contributed by atoms with Crippen molar-refractivity contribution in [1.29, 1.82) is 0 Å². The molecule has 0 heterocycles. The molecule has 1 aromatic carbocycles. The van der Waals surface area contributed by atoms with Gasteiger partial charge < -0.3 is 15.7 Å². The number of aliphatic carboxylic acids is 1. The molecule has 3 N–H and O–H groups in total. The van der Waals surface area contributed by atoms with E-state index in [9.17, 15) is 14.7 Å². The molecular formula is C14H20N2O3. The van der Waals surface area contributed by atoms with E-state index in [1.54, 1.807) is 44.3 Å². The van der Waals surface area contributed by atoms with Gasteiger partial charge in [0, 0.05) is 12.5 Å². The molecule has 2 atom stereocenters. The first-order valence-electron chi connectivity index (χ1n) is 6.17. The molecule has 0 fully saturated rings. The third kappa shape index (κ3) is 3.54. The van der Waals surface area contributed by atoms with E-state index in [0.717, 1.165) is 0 Å². The van der Waals surface area contributed by atoms with Gasteiger partial charge in [-0.25, -0.2) is 4.79 Å². The van der Waals surface area contributed by atoms with E-state index in [1.165, 1.54) is 6.92 Å². The first kappa shape index (κ1) is 15.2. The third-order valence-electron chi connectivity index (χ3n) is 3.11. The van der Waals surface area contributed by atoms with E-state index < -0.39 is 11.5 Å². The maximum atomic E-state index is 12.0. The van der Waals surface area contributed by atoms with Crippen molar-refractivity contribution in [1.82, 2.24) is 10.6 Å². The number of carboxylic acid groups (broad SMARTS) is 1. The maximum Gasteiger partial charge on any atom is 0.333 e. The summed E-state index contributed by atoms with van der Waals surface area (Å²) < 4.78 is 0. The van der Waals surface area contributed by atoms with Gasteiger partial charge in [0.15, 0.2) is 5.54 Å². The van der Waals surface area contributed by atoms with Crippen LogP contribution in [-0.4, -0.2) is 30.6 Å². The summed E-state index contributed by atoms with van der Waals surface area (Å²) >= 11 is 0. The first-order chi connectivity index (χ1) is 8.91. The van der Waals surface area contributed by atoms with Crippen molar-refractivity contribution in [2.75, 3.05) is 13.6 Å². The number of benzene rings is 1. The Balaban J connectivity index is 2.96. The molecule has 0 aliphatic carbocycles. The zero-order chi connectivity index (χ0) is 14.5. The van der Waals surface area contributed by atoms with Crippen molar-refractivity contribution in [3.8, 4) is 0 Å². The smallest absolute Gasteiger partial charge is 0.333 e. The molecule has 1 amide bonds. The Morgan fingerprint density at radius 1 is 1.32 bits per heavy atom. The maximum absolute atomic E-state index is 12.0. The van der Waals surface area contributed by atoms with E-state index in [-0.39, 0.29) is 11.8 Å². The summed E-state index contributed by atoms with van der Waals surface area (Å²) in [6.07, 6.45) is 0. The van der Waals surface area contributed by atoms with Gasteiger partial charge in [-0.1, -0.05) is 37.3 Å². The average Bonchev–Trinajstić information content (AvgIpc) is 2.39. The second kappa shape index (κ2) is 6.33. The molecule has 0 saturated heterocycles. The lowest BCUT2D eigenvalue weighted by molar-refractivity contribution is -0.148. The summed E-state index contributed by atoms with van der Waals surface area (Å²) in [7, 11) is 1.75. The average molecular weight is 264 g/mol. The Morgan fingerprint density at radius 3 is 2.37 bits per heavy atom. The molecule has 5 nitrogen and oxygen atoms in total. The van der Waals surface area contributed by atoms with Gasteiger partial charge in [-0.05, 0) is 19.5 Å². The monoisotopic (exact) mass is 264 g/mol. The highest BCUT2D eigenvalue weighted by Gasteiger charge is 2.37. The molecule has 0 spiro atoms. The van der Waals surface area contributed by atoms with Gasteiger partial charge in [-0.15, -0.1) is 0 Å². The highest BCUT2D eigenvalue weighted by Crippen LogP contribution is 2.21. The molecule has 2 unspecified atom stereocenters. The lowest BCUT2D eigenvalue weighted by Gasteiger charge is -2.28. The molecule has 0 saturated carbocycles. The Bertz CT molecular complexity index is 447. The SMILES string of the molecule is CNCC(C)C(=O)NC(C)(C(=O)O)c1ccccc1. The van der Waals surface area contributed by atoms with Gasteiger partial charge >= 0.3 is 5.97 Å². The fourth-order valence-corrected chi connectivity index (χ4v) is 1.79. The summed E-state index contributed by atoms with van der Waals surface area (Å²) in [6, 6.07) is 8.69. The highest BCUT2D eigenvalue weighted by atomic mass is 16.4. The predicted molar refractivity (Wildman–Crippen MR) is 72.7 cm³/mol. The van der Waals surface area contributed by atoms with Crippen molar-refractivity contribution in [2.24, 2.45) is 5.92 Å². The quantitative estimate of drug-likeness (QED) is 0.715. The van der Waals surface area contributed by atoms with Gasteiger partial charge in [-0.3, -0.25) is 4.79 Å². The van der Waals surface area contributed by atoms with Crippen LogP contribution in [0.15, 0.2) is 30.3 Å². The Kier molecular flexibility index (Phi) is 5.06. The molecule has 1 aromatic rings. The summed E-state index contributed by atoms with van der Waals surface area (Å²) in [5, 5.41) is 14.9. The number of carbonyl (C=O) groups is 2. The molecule has 5 heteroatoms. The number of rotatable bonds is 6. The van der Waals surface area contributed by atoms with E-state index in [0.29, 0.717) is 12.1 Å². The fourth-order valence-electron chi connectivity index (χ4n) is 1.79. The van der Waals surface area contributed by atoms with Crippen molar-refractivity contribution in [3.05, 3.63) is 35.9 Å². The topological polar surface area (TPSA) is 78.4 Å². The highest BCUT2D eigenvalue weighted by molar-refractivity contribution is 5.88. The fraction of sp³-hybridized carbons (Fsp3) is 0.429. The van der Waals surface area contributed by atoms with Crippen LogP contribution in [0.5, 0.6) is 0 Å². The van der Waals surface area contributed by atoms with E-state index in [2.05, 4.69) is 10.6 Å². The van der Waals surface area contributed by atoms with Crippen molar-refractivity contribution >= 4 is 11.9 Å². The van der Waals surface area contributed by atoms with Crippen LogP contribution < -0.4 is 10.6 Å². The zero-order valence-electron chi connectivity index (χ0n) is 11.4. The lowest BCUT2D eigenvalue weighted by atomic mass is 9.91. The number of amides is 1. The van der Waals surface area contributed by atoms with E-state index in [4.69, 9.17) is 0 Å². The minimum absolute atomic E-state index is 0.289. The van der Waals surface area contributed by atoms with Gasteiger partial charge in [0.25, 0.3) is 0 Å². The van der Waals surface area contributed by atoms with Crippen molar-refractivity contribution < 1.29 is 14.7 Å². The number of hydrogen-bond donors (Lipinski definition) is 3. The van der Waals surface area contributed by atoms with Gasteiger partial charge in [0.1, 0.15) is 0 Å². The van der Waals surface area contributed by atoms with Crippen LogP contribution in [0.25, 0.3) is 0 Å². The Morgan fingerprint density at radius 2 is 1.89 bits per heavy atom. The minimum Gasteiger partial charge on any atom is -0.479 e. The minimum atomic E-state index is -1.42. The molecule has 19 heavy (non-hydrogen) atoms. The van der Waals surface area contributed by atoms with Crippen LogP contribution in [0.2, 0.25) is 0 Å². The van der Waals surface area contributed by atoms with Crippen LogP contribution in [0.3, 0.4) is 0 Å². The summed E-state index contributed by atoms with van der Waals surface area (Å²) in [5.41, 5.74) is -0.868. The van der Waals surface area contributed by atoms with Gasteiger partial charge in [0.2, 0.25) is 5.91 Å². The van der Waals surface area contributed by atoms with Gasteiger partial charge in [-0.2, -0.15) is 0 Å². The van der Waals surface area contributed by atoms with E-state index in [1.807, 2.05) is 0 Å². The first-order valence-corrected chi connectivity index (χ1v) is 6.17. The summed E-state index contributed by atoms with van der Waals surface area (Å²) in [4.78, 5) is 23.5. The van der Waals surface area contributed by atoms with Crippen molar-refractivity contribution in [3.63, 3.8) is 0 Å². The molecule has 104 valence electrons. The number of hydrogen-bond acceptors (Lipinski definition) is 3. The molecular weight excluding hydrogens is 244 g/mol. The number of nitrogens with one attached hydrogen (secondary N) is 2. The van der Waals surface area contributed by atoms with Gasteiger partial charge in [0.05, 0.1) is 0 Å². The molecule has 0 aliphatic rings. The lowest BCUT2D eigenvalue weighted by Crippen LogP contribution is -2.52. The second-order valence-corrected chi connectivity index (χ2v) is 4.74. The van der Waals surface area contributed by atoms with Crippen LogP contribution in [0.4, 0.5) is 0 Å². The van der Waals surface area contributed by atoms with Crippen molar-refractivity contribution in [2.45, 2.75) is 19.4 Å². The number of carboxylic acids is 1. The van der Waals surface area contributed by atoms with Crippen LogP contribution in [0, 0.1) is 5.92 Å². The largest absolute Gasteiger partial charge is 0.479 e. The Hall–Kier alpha value is -1.88. The molecule has 0 bridgehead atoms. The third-order valence-corrected chi connectivity index (χ3v) is 3.11. The molecule has 1 rings (SSSR count). The summed E-state index contributed by atoms with van der Waals surface area (Å²) in [6.45, 7) is 3.74. The number of carbonyl (C=O) groups excluding carboxylic acids is 1. The predicted octanol–water partition coefficient (Wildman–Crippen LogP) is 0.958. The zero-order valence-corrected chi connectivity index (χ0v) is 11.4. The standard InChI is InChI=1S/C14H20N2O3/c1-10(9-15-3)12(17)16-14(2,13(18)19)11-7-5-4-6-8-11/h4-8,10,15H,9H2,1-3H3,(H,16,17)(H,18,19). The van der Waals surface area contributed by atoms with Crippen LogP contribution in [-0.2, 0) is 15.1 Å². The van der Waals surface area contributed by atoms with Crippen LogP contribution in [0.1, 0.15) is 19.4 Å². The normalized spacial score (nSPS) is 15.3. The second-order valence-electron chi connectivity index (χ2n) is 4.74. The molecule has 0 aliphatic heterocycles. The summed E-state index contributed by atoms with van der Waals surface area (Å²) in [5.74, 6) is -1.67. The Labute approximate surface area is 113 Å². The molecule has 0 aromatic heterocycles. The van der Waals surface area contributed by atoms with Crippen LogP contribution >= 0.6 is 0 Å². The van der Waals surface area contributed by atoms with E-state index >= 15 is 0 Å².